The summed E-state index contributed by atoms with van der Waals surface area (Å²) in [7, 11) is 1.61. The second-order valence-corrected chi connectivity index (χ2v) is 8.16. The molecule has 1 amide bonds. The molecule has 0 fully saturated rings. The highest BCUT2D eigenvalue weighted by Crippen LogP contribution is 2.42. The van der Waals surface area contributed by atoms with E-state index in [2.05, 4.69) is 5.32 Å². The molecule has 7 heteroatoms. The Hall–Kier alpha value is -3.58. The van der Waals surface area contributed by atoms with Crippen LogP contribution in [0.1, 0.15) is 37.6 Å². The summed E-state index contributed by atoms with van der Waals surface area (Å²) in [6.45, 7) is 5.80. The normalized spacial score (nSPS) is 11.0. The third-order valence-corrected chi connectivity index (χ3v) is 6.40. The quantitative estimate of drug-likeness (QED) is 0.399. The molecular formula is C24H21NO5S. The molecule has 2 aromatic heterocycles. The van der Waals surface area contributed by atoms with Crippen LogP contribution in [0.5, 0.6) is 5.75 Å². The Morgan fingerprint density at radius 2 is 1.84 bits per heavy atom. The van der Waals surface area contributed by atoms with Gasteiger partial charge in [-0.05, 0) is 61.2 Å². The van der Waals surface area contributed by atoms with Crippen LogP contribution in [0.25, 0.3) is 21.4 Å². The number of furan rings is 1. The van der Waals surface area contributed by atoms with Crippen molar-refractivity contribution >= 4 is 39.9 Å². The largest absolute Gasteiger partial charge is 0.496 e. The Morgan fingerprint density at radius 3 is 2.52 bits per heavy atom. The number of aryl methyl sites for hydroxylation is 1. The number of carboxylic acids is 1. The van der Waals surface area contributed by atoms with Crippen LogP contribution in [0.2, 0.25) is 0 Å². The van der Waals surface area contributed by atoms with Crippen LogP contribution in [-0.4, -0.2) is 24.1 Å². The maximum Gasteiger partial charge on any atom is 0.339 e. The molecule has 0 aliphatic rings. The lowest BCUT2D eigenvalue weighted by molar-refractivity contribution is 0.0699. The molecule has 4 aromatic rings. The number of amides is 1. The number of ether oxygens (including phenoxy) is 1. The van der Waals surface area contributed by atoms with Gasteiger partial charge in [-0.2, -0.15) is 0 Å². The van der Waals surface area contributed by atoms with Crippen LogP contribution >= 0.6 is 11.3 Å². The molecule has 0 spiro atoms. The number of methoxy groups -OCH3 is 1. The number of thiophene rings is 1. The van der Waals surface area contributed by atoms with Crippen LogP contribution in [0, 0.1) is 20.8 Å². The maximum atomic E-state index is 12.8. The van der Waals surface area contributed by atoms with Gasteiger partial charge in [0.1, 0.15) is 16.9 Å². The van der Waals surface area contributed by atoms with E-state index in [1.807, 2.05) is 45.0 Å². The van der Waals surface area contributed by atoms with E-state index >= 15 is 0 Å². The fraction of sp³-hybridized carbons (Fsp3) is 0.167. The van der Waals surface area contributed by atoms with Crippen molar-refractivity contribution in [2.75, 3.05) is 12.4 Å². The number of carbonyl (C=O) groups excluding carboxylic acids is 1. The predicted molar refractivity (Wildman–Crippen MR) is 122 cm³/mol. The van der Waals surface area contributed by atoms with Gasteiger partial charge in [0.15, 0.2) is 5.76 Å². The summed E-state index contributed by atoms with van der Waals surface area (Å²) in [6, 6.07) is 10.8. The number of anilines is 1. The van der Waals surface area contributed by atoms with E-state index in [0.29, 0.717) is 10.5 Å². The summed E-state index contributed by atoms with van der Waals surface area (Å²) >= 11 is 1.28. The molecule has 2 N–H and O–H groups in total. The highest BCUT2D eigenvalue weighted by Gasteiger charge is 2.25. The number of benzene rings is 2. The van der Waals surface area contributed by atoms with Gasteiger partial charge in [0.2, 0.25) is 0 Å². The summed E-state index contributed by atoms with van der Waals surface area (Å²) in [5.41, 5.74) is 4.52. The molecule has 0 radical (unpaired) electrons. The predicted octanol–water partition coefficient (Wildman–Crippen LogP) is 6.05. The molecule has 0 bridgehead atoms. The first-order valence-electron chi connectivity index (χ1n) is 9.61. The smallest absolute Gasteiger partial charge is 0.339 e. The number of hydrogen-bond donors (Lipinski definition) is 2. The van der Waals surface area contributed by atoms with Crippen LogP contribution in [-0.2, 0) is 0 Å². The number of hydrogen-bond acceptors (Lipinski definition) is 5. The second-order valence-electron chi connectivity index (χ2n) is 7.28. The number of carbonyl (C=O) groups is 2. The minimum Gasteiger partial charge on any atom is -0.496 e. The highest BCUT2D eigenvalue weighted by atomic mass is 32.1. The molecule has 0 aliphatic carbocycles. The Kier molecular flexibility index (Phi) is 5.29. The van der Waals surface area contributed by atoms with Gasteiger partial charge in [-0.15, -0.1) is 11.3 Å². The van der Waals surface area contributed by atoms with Gasteiger partial charge in [-0.3, -0.25) is 4.79 Å². The van der Waals surface area contributed by atoms with Gasteiger partial charge in [0.25, 0.3) is 5.91 Å². The zero-order valence-corrected chi connectivity index (χ0v) is 18.3. The van der Waals surface area contributed by atoms with Gasteiger partial charge in [-0.25, -0.2) is 4.79 Å². The first kappa shape index (κ1) is 20.7. The second kappa shape index (κ2) is 7.92. The van der Waals surface area contributed by atoms with Gasteiger partial charge in [0.05, 0.1) is 17.7 Å². The van der Waals surface area contributed by atoms with Crippen LogP contribution < -0.4 is 10.1 Å². The number of rotatable bonds is 5. The van der Waals surface area contributed by atoms with E-state index < -0.39 is 11.9 Å². The fourth-order valence-corrected chi connectivity index (χ4v) is 4.89. The minimum absolute atomic E-state index is 0.0604. The zero-order valence-electron chi connectivity index (χ0n) is 17.5. The molecule has 0 atom stereocenters. The molecule has 6 nitrogen and oxygen atoms in total. The van der Waals surface area contributed by atoms with Gasteiger partial charge in [-0.1, -0.05) is 18.2 Å². The third-order valence-electron chi connectivity index (χ3n) is 5.40. The number of para-hydroxylation sites is 1. The summed E-state index contributed by atoms with van der Waals surface area (Å²) in [5, 5.41) is 15.1. The van der Waals surface area contributed by atoms with Crippen molar-refractivity contribution in [3.05, 3.63) is 69.8 Å². The lowest BCUT2D eigenvalue weighted by atomic mass is 9.94. The fourth-order valence-electron chi connectivity index (χ4n) is 3.73. The van der Waals surface area contributed by atoms with Crippen LogP contribution in [0.3, 0.4) is 0 Å². The average Bonchev–Trinajstić information content (AvgIpc) is 3.35. The molecular weight excluding hydrogens is 414 g/mol. The SMILES string of the molecule is COc1cc(C)c(-c2scc(NC(=O)c3cc4ccccc4o3)c2C(=O)O)c(C)c1C. The summed E-state index contributed by atoms with van der Waals surface area (Å²) in [5.74, 6) is -0.727. The van der Waals surface area contributed by atoms with E-state index in [9.17, 15) is 14.7 Å². The maximum absolute atomic E-state index is 12.8. The molecule has 31 heavy (non-hydrogen) atoms. The zero-order chi connectivity index (χ0) is 22.3. The average molecular weight is 436 g/mol. The molecule has 0 aliphatic heterocycles. The summed E-state index contributed by atoms with van der Waals surface area (Å²) in [6.07, 6.45) is 0. The summed E-state index contributed by atoms with van der Waals surface area (Å²) < 4.78 is 11.0. The van der Waals surface area contributed by atoms with Gasteiger partial charge >= 0.3 is 5.97 Å². The van der Waals surface area contributed by atoms with E-state index in [1.165, 1.54) is 11.3 Å². The van der Waals surface area contributed by atoms with Gasteiger partial charge < -0.3 is 19.6 Å². The van der Waals surface area contributed by atoms with E-state index in [1.54, 1.807) is 24.6 Å². The standard InChI is InChI=1S/C24H21NO5S/c1-12-9-18(29-4)13(2)14(3)20(12)22-21(24(27)28)16(11-31-22)25-23(26)19-10-15-7-5-6-8-17(15)30-19/h5-11H,1-4H3,(H,25,26)(H,27,28). The topological polar surface area (TPSA) is 88.8 Å². The summed E-state index contributed by atoms with van der Waals surface area (Å²) in [4.78, 5) is 25.5. The Balaban J connectivity index is 1.76. The molecule has 158 valence electrons. The molecule has 0 saturated carbocycles. The molecule has 4 rings (SSSR count). The van der Waals surface area contributed by atoms with Crippen LogP contribution in [0.15, 0.2) is 46.2 Å². The van der Waals surface area contributed by atoms with Crippen molar-refractivity contribution in [1.82, 2.24) is 0 Å². The lowest BCUT2D eigenvalue weighted by Crippen LogP contribution is -2.13. The van der Waals surface area contributed by atoms with Crippen molar-refractivity contribution in [3.63, 3.8) is 0 Å². The Bertz CT molecular complexity index is 1300. The highest BCUT2D eigenvalue weighted by molar-refractivity contribution is 7.14. The van der Waals surface area contributed by atoms with Crippen molar-refractivity contribution in [2.24, 2.45) is 0 Å². The first-order chi connectivity index (χ1) is 14.8. The lowest BCUT2D eigenvalue weighted by Gasteiger charge is -2.16. The van der Waals surface area contributed by atoms with Crippen molar-refractivity contribution in [1.29, 1.82) is 0 Å². The van der Waals surface area contributed by atoms with Crippen molar-refractivity contribution < 1.29 is 23.8 Å². The molecule has 0 saturated heterocycles. The van der Waals surface area contributed by atoms with E-state index in [4.69, 9.17) is 9.15 Å². The third kappa shape index (κ3) is 3.57. The number of carboxylic acid groups (broad SMARTS) is 1. The Morgan fingerprint density at radius 1 is 1.10 bits per heavy atom. The van der Waals surface area contributed by atoms with E-state index in [0.717, 1.165) is 33.4 Å². The molecule has 0 unspecified atom stereocenters. The monoisotopic (exact) mass is 435 g/mol. The molecule has 2 aromatic carbocycles. The minimum atomic E-state index is -1.11. The molecule has 2 heterocycles. The Labute approximate surface area is 183 Å². The van der Waals surface area contributed by atoms with Crippen molar-refractivity contribution in [3.8, 4) is 16.2 Å². The van der Waals surface area contributed by atoms with Crippen molar-refractivity contribution in [2.45, 2.75) is 20.8 Å². The number of fused-ring (bicyclic) bond motifs is 1. The number of nitrogens with one attached hydrogen (secondary N) is 1. The first-order valence-corrected chi connectivity index (χ1v) is 10.5. The number of aromatic carboxylic acids is 1. The van der Waals surface area contributed by atoms with Crippen LogP contribution in [0.4, 0.5) is 5.69 Å². The van der Waals surface area contributed by atoms with E-state index in [-0.39, 0.29) is 17.0 Å². The van der Waals surface area contributed by atoms with Gasteiger partial charge in [0, 0.05) is 10.8 Å².